The minimum atomic E-state index is -1.19. The number of anilines is 4. The zero-order valence-corrected chi connectivity index (χ0v) is 28.8. The first-order valence-corrected chi connectivity index (χ1v) is 16.1. The van der Waals surface area contributed by atoms with Gasteiger partial charge in [-0.25, -0.2) is 14.7 Å². The molecule has 47 heavy (non-hydrogen) atoms. The summed E-state index contributed by atoms with van der Waals surface area (Å²) in [5, 5.41) is 14.7. The van der Waals surface area contributed by atoms with E-state index in [1.54, 1.807) is 38.6 Å². The number of hydrogen-bond donors (Lipinski definition) is 2. The van der Waals surface area contributed by atoms with Crippen molar-refractivity contribution in [1.29, 1.82) is 0 Å². The number of aryl methyl sites for hydroxylation is 3. The van der Waals surface area contributed by atoms with Crippen molar-refractivity contribution in [2.45, 2.75) is 46.7 Å². The maximum Gasteiger partial charge on any atom is 0.413 e. The van der Waals surface area contributed by atoms with E-state index in [1.807, 2.05) is 57.2 Å². The summed E-state index contributed by atoms with van der Waals surface area (Å²) in [6.07, 6.45) is 0.355. The highest BCUT2D eigenvalue weighted by Crippen LogP contribution is 2.42. The normalized spacial score (nSPS) is 14.2. The molecule has 1 atom stereocenters. The van der Waals surface area contributed by atoms with E-state index in [0.29, 0.717) is 33.8 Å². The van der Waals surface area contributed by atoms with Crippen molar-refractivity contribution in [2.24, 2.45) is 0 Å². The first-order chi connectivity index (χ1) is 22.5. The van der Waals surface area contributed by atoms with Crippen LogP contribution < -0.4 is 24.6 Å². The third kappa shape index (κ3) is 7.39. The molecule has 3 aromatic carbocycles. The average molecular weight is 659 g/mol. The van der Waals surface area contributed by atoms with Crippen LogP contribution in [0.4, 0.5) is 27.9 Å². The fourth-order valence-corrected chi connectivity index (χ4v) is 6.73. The summed E-state index contributed by atoms with van der Waals surface area (Å²) < 4.78 is 11.3. The standard InChI is InChI=1S/C36H43ClN6O4/c1-22(2)41-14-16-42(17-15-41)30-10-8-26(20-29(30)37)39-35-38-13-12-32(40-35)43(36(44)45)34(33-24(4)18-23(3)19-25(33)5)28-21-27(46-6)9-11-31(28)47-7/h8-13,18-22,34H,14-17H2,1-7H3,(H,44,45)(H,38,39,40). The number of carboxylic acid groups (broad SMARTS) is 1. The van der Waals surface area contributed by atoms with Gasteiger partial charge in [0.2, 0.25) is 5.95 Å². The number of nitrogens with one attached hydrogen (secondary N) is 1. The lowest BCUT2D eigenvalue weighted by molar-refractivity contribution is 0.199. The molecule has 1 saturated heterocycles. The molecule has 248 valence electrons. The number of hydrogen-bond acceptors (Lipinski definition) is 8. The summed E-state index contributed by atoms with van der Waals surface area (Å²) in [6.45, 7) is 14.2. The Morgan fingerprint density at radius 2 is 1.66 bits per heavy atom. The molecule has 11 heteroatoms. The van der Waals surface area contributed by atoms with E-state index in [9.17, 15) is 9.90 Å². The highest BCUT2D eigenvalue weighted by Gasteiger charge is 2.34. The molecule has 1 aliphatic rings. The van der Waals surface area contributed by atoms with Crippen LogP contribution in [0.2, 0.25) is 5.02 Å². The Morgan fingerprint density at radius 3 is 2.26 bits per heavy atom. The number of carbonyl (C=O) groups is 1. The molecular formula is C36H43ClN6O4. The monoisotopic (exact) mass is 658 g/mol. The zero-order chi connectivity index (χ0) is 33.8. The van der Waals surface area contributed by atoms with Gasteiger partial charge in [0, 0.05) is 49.7 Å². The highest BCUT2D eigenvalue weighted by atomic mass is 35.5. The summed E-state index contributed by atoms with van der Waals surface area (Å²) in [7, 11) is 3.14. The van der Waals surface area contributed by atoms with Crippen molar-refractivity contribution in [3.63, 3.8) is 0 Å². The van der Waals surface area contributed by atoms with Gasteiger partial charge in [0.05, 0.1) is 31.0 Å². The maximum absolute atomic E-state index is 13.2. The van der Waals surface area contributed by atoms with E-state index in [0.717, 1.165) is 54.1 Å². The SMILES string of the molecule is COc1ccc(OC)c(C(c2c(C)cc(C)cc2C)N(C(=O)O)c2ccnc(Nc3ccc(N4CCN(C(C)C)CC4)c(Cl)c3)n2)c1. The number of rotatable bonds is 10. The molecule has 2 N–H and O–H groups in total. The van der Waals surface area contributed by atoms with E-state index in [2.05, 4.69) is 33.9 Å². The largest absolute Gasteiger partial charge is 0.497 e. The van der Waals surface area contributed by atoms with Crippen molar-refractivity contribution in [3.8, 4) is 11.5 Å². The van der Waals surface area contributed by atoms with Crippen molar-refractivity contribution in [2.75, 3.05) is 55.5 Å². The van der Waals surface area contributed by atoms with Crippen LogP contribution >= 0.6 is 11.6 Å². The summed E-state index contributed by atoms with van der Waals surface area (Å²) in [5.74, 6) is 1.52. The predicted octanol–water partition coefficient (Wildman–Crippen LogP) is 7.62. The highest BCUT2D eigenvalue weighted by molar-refractivity contribution is 6.33. The second kappa shape index (κ2) is 14.5. The summed E-state index contributed by atoms with van der Waals surface area (Å²) in [5.41, 5.74) is 6.08. The molecule has 0 spiro atoms. The topological polar surface area (TPSA) is 103 Å². The van der Waals surface area contributed by atoms with Crippen molar-refractivity contribution in [3.05, 3.63) is 93.6 Å². The fourth-order valence-electron chi connectivity index (χ4n) is 6.43. The second-order valence-electron chi connectivity index (χ2n) is 12.1. The van der Waals surface area contributed by atoms with Gasteiger partial charge in [0.15, 0.2) is 0 Å². The first kappa shape index (κ1) is 33.8. The van der Waals surface area contributed by atoms with Crippen LogP contribution in [0.3, 0.4) is 0 Å². The fraction of sp³-hybridized carbons (Fsp3) is 0.361. The Bertz CT molecular complexity index is 1720. The molecule has 5 rings (SSSR count). The summed E-state index contributed by atoms with van der Waals surface area (Å²) in [4.78, 5) is 28.4. The van der Waals surface area contributed by atoms with Gasteiger partial charge in [0.25, 0.3) is 0 Å². The Labute approximate surface area is 281 Å². The van der Waals surface area contributed by atoms with E-state index < -0.39 is 12.1 Å². The molecule has 1 aromatic heterocycles. The number of benzene rings is 3. The van der Waals surface area contributed by atoms with Crippen LogP contribution in [0.15, 0.2) is 60.8 Å². The lowest BCUT2D eigenvalue weighted by Gasteiger charge is -2.38. The van der Waals surface area contributed by atoms with Gasteiger partial charge in [-0.3, -0.25) is 4.90 Å². The van der Waals surface area contributed by atoms with Gasteiger partial charge in [-0.15, -0.1) is 0 Å². The van der Waals surface area contributed by atoms with Crippen LogP contribution in [0.25, 0.3) is 0 Å². The second-order valence-corrected chi connectivity index (χ2v) is 12.5. The predicted molar refractivity (Wildman–Crippen MR) is 188 cm³/mol. The molecule has 0 bridgehead atoms. The minimum Gasteiger partial charge on any atom is -0.497 e. The smallest absolute Gasteiger partial charge is 0.413 e. The van der Waals surface area contributed by atoms with E-state index in [-0.39, 0.29) is 11.8 Å². The number of amides is 1. The number of piperazine rings is 1. The maximum atomic E-state index is 13.2. The van der Waals surface area contributed by atoms with Gasteiger partial charge < -0.3 is 24.8 Å². The molecule has 10 nitrogen and oxygen atoms in total. The number of aromatic nitrogens is 2. The molecule has 0 radical (unpaired) electrons. The molecule has 0 aliphatic carbocycles. The van der Waals surface area contributed by atoms with Crippen LogP contribution in [0.5, 0.6) is 11.5 Å². The molecule has 2 heterocycles. The zero-order valence-electron chi connectivity index (χ0n) is 28.0. The van der Waals surface area contributed by atoms with E-state index >= 15 is 0 Å². The lowest BCUT2D eigenvalue weighted by Crippen LogP contribution is -2.49. The van der Waals surface area contributed by atoms with Crippen molar-refractivity contribution in [1.82, 2.24) is 14.9 Å². The number of nitrogens with zero attached hydrogens (tertiary/aromatic N) is 5. The minimum absolute atomic E-state index is 0.190. The Hall–Kier alpha value is -4.54. The quantitative estimate of drug-likeness (QED) is 0.178. The Kier molecular flexibility index (Phi) is 10.4. The number of methoxy groups -OCH3 is 2. The summed E-state index contributed by atoms with van der Waals surface area (Å²) >= 11 is 6.78. The van der Waals surface area contributed by atoms with Crippen LogP contribution in [0, 0.1) is 20.8 Å². The van der Waals surface area contributed by atoms with E-state index in [1.165, 1.54) is 4.90 Å². The van der Waals surface area contributed by atoms with Gasteiger partial charge in [-0.05, 0) is 93.8 Å². The average Bonchev–Trinajstić information content (AvgIpc) is 3.03. The summed E-state index contributed by atoms with van der Waals surface area (Å²) in [6, 6.07) is 16.5. The van der Waals surface area contributed by atoms with Crippen molar-refractivity contribution >= 4 is 40.8 Å². The number of halogens is 1. The molecule has 1 fully saturated rings. The molecule has 1 aliphatic heterocycles. The first-order valence-electron chi connectivity index (χ1n) is 15.7. The van der Waals surface area contributed by atoms with Crippen LogP contribution in [-0.2, 0) is 0 Å². The molecule has 1 unspecified atom stereocenters. The Balaban J connectivity index is 1.51. The third-order valence-corrected chi connectivity index (χ3v) is 8.99. The molecule has 1 amide bonds. The lowest BCUT2D eigenvalue weighted by atomic mass is 9.88. The number of ether oxygens (including phenoxy) is 2. The van der Waals surface area contributed by atoms with Crippen molar-refractivity contribution < 1.29 is 19.4 Å². The third-order valence-electron chi connectivity index (χ3n) is 8.68. The molecule has 0 saturated carbocycles. The van der Waals surface area contributed by atoms with E-state index in [4.69, 9.17) is 26.1 Å². The van der Waals surface area contributed by atoms with Gasteiger partial charge >= 0.3 is 6.09 Å². The van der Waals surface area contributed by atoms with Gasteiger partial charge in [-0.1, -0.05) is 29.3 Å². The van der Waals surface area contributed by atoms with Crippen LogP contribution in [-0.4, -0.2) is 72.5 Å². The Morgan fingerprint density at radius 1 is 0.957 bits per heavy atom. The molecule has 4 aromatic rings. The van der Waals surface area contributed by atoms with Gasteiger partial charge in [-0.2, -0.15) is 4.98 Å². The molecular weight excluding hydrogens is 616 g/mol. The van der Waals surface area contributed by atoms with Gasteiger partial charge in [0.1, 0.15) is 17.3 Å². The van der Waals surface area contributed by atoms with Crippen LogP contribution in [0.1, 0.15) is 47.7 Å².